The Morgan fingerprint density at radius 1 is 0.811 bits per heavy atom. The van der Waals surface area contributed by atoms with E-state index in [0.29, 0.717) is 25.7 Å². The van der Waals surface area contributed by atoms with Gasteiger partial charge in [0.1, 0.15) is 24.1 Å². The molecule has 2 aromatic heterocycles. The fourth-order valence-electron chi connectivity index (χ4n) is 4.27. The van der Waals surface area contributed by atoms with Gasteiger partial charge >= 0.3 is 11.4 Å². The summed E-state index contributed by atoms with van der Waals surface area (Å²) in [6.45, 7) is -0.233. The molecule has 4 atom stereocenters. The summed E-state index contributed by atoms with van der Waals surface area (Å²) in [5, 5.41) is 23.4. The highest BCUT2D eigenvalue weighted by Gasteiger charge is 2.28. The number of carbonyl (C=O) groups is 2. The fraction of sp³-hybridized carbons (Fsp3) is 0.565. The van der Waals surface area contributed by atoms with Gasteiger partial charge in [-0.2, -0.15) is 9.97 Å². The van der Waals surface area contributed by atoms with Crippen molar-refractivity contribution in [1.29, 1.82) is 0 Å². The summed E-state index contributed by atoms with van der Waals surface area (Å²) in [4.78, 5) is 56.7. The second-order valence-corrected chi connectivity index (χ2v) is 8.90. The second-order valence-electron chi connectivity index (χ2n) is 8.90. The van der Waals surface area contributed by atoms with E-state index >= 15 is 0 Å². The first-order chi connectivity index (χ1) is 17.9. The van der Waals surface area contributed by atoms with Crippen molar-refractivity contribution in [2.45, 2.75) is 69.6 Å². The topological polar surface area (TPSA) is 187 Å². The van der Waals surface area contributed by atoms with Crippen LogP contribution in [0, 0.1) is 0 Å². The van der Waals surface area contributed by atoms with E-state index in [1.54, 1.807) is 0 Å². The van der Waals surface area contributed by atoms with Gasteiger partial charge in [0, 0.05) is 25.2 Å². The molecule has 0 aliphatic carbocycles. The lowest BCUT2D eigenvalue weighted by molar-refractivity contribution is -0.117. The highest BCUT2D eigenvalue weighted by atomic mass is 16.5. The molecule has 0 aromatic carbocycles. The lowest BCUT2D eigenvalue weighted by atomic mass is 10.2. The minimum Gasteiger partial charge on any atom is -0.394 e. The number of anilines is 2. The molecule has 0 unspecified atom stereocenters. The van der Waals surface area contributed by atoms with Crippen molar-refractivity contribution in [1.82, 2.24) is 19.1 Å². The van der Waals surface area contributed by atoms with E-state index in [1.165, 1.54) is 33.7 Å². The molecule has 14 heteroatoms. The van der Waals surface area contributed by atoms with Crippen LogP contribution in [0.25, 0.3) is 0 Å². The van der Waals surface area contributed by atoms with Crippen molar-refractivity contribution in [3.05, 3.63) is 45.5 Å². The van der Waals surface area contributed by atoms with E-state index in [9.17, 15) is 19.2 Å². The summed E-state index contributed by atoms with van der Waals surface area (Å²) < 4.78 is 13.8. The monoisotopic (exact) mass is 518 g/mol. The Balaban J connectivity index is 1.20. The fourth-order valence-corrected chi connectivity index (χ4v) is 4.27. The highest BCUT2D eigenvalue weighted by molar-refractivity contribution is 5.92. The molecule has 2 amide bonds. The Labute approximate surface area is 211 Å². The number of hydrogen-bond acceptors (Lipinski definition) is 10. The molecule has 2 aliphatic heterocycles. The van der Waals surface area contributed by atoms with E-state index < -0.39 is 35.6 Å². The quantitative estimate of drug-likeness (QED) is 0.330. The van der Waals surface area contributed by atoms with Gasteiger partial charge in [0.2, 0.25) is 11.8 Å². The van der Waals surface area contributed by atoms with Crippen LogP contribution in [0.5, 0.6) is 0 Å². The standard InChI is InChI=1S/C23H30N6O8/c30-12-14-4-6-20(36-14)28-10-8-16(26-22(28)34)24-18(32)2-1-3-19(33)25-17-9-11-29(23(35)27-17)21-7-5-15(13-31)37-21/h8-11,14-15,20-21,30-31H,1-7,12-13H2,(H,24,26,32,34)(H,25,27,33,35)/t14-,15-,20+,21+/m0/s1. The zero-order chi connectivity index (χ0) is 26.4. The van der Waals surface area contributed by atoms with Crippen LogP contribution in [-0.2, 0) is 19.1 Å². The average Bonchev–Trinajstić information content (AvgIpc) is 3.54. The largest absolute Gasteiger partial charge is 0.394 e. The van der Waals surface area contributed by atoms with Gasteiger partial charge in [-0.1, -0.05) is 0 Å². The molecule has 200 valence electrons. The smallest absolute Gasteiger partial charge is 0.351 e. The van der Waals surface area contributed by atoms with Crippen molar-refractivity contribution in [2.75, 3.05) is 23.8 Å². The number of rotatable bonds is 10. The molecule has 2 fully saturated rings. The summed E-state index contributed by atoms with van der Waals surface area (Å²) in [5.74, 6) is -0.635. The van der Waals surface area contributed by atoms with Gasteiger partial charge in [0.05, 0.1) is 25.4 Å². The number of nitrogens with zero attached hydrogens (tertiary/aromatic N) is 4. The van der Waals surface area contributed by atoms with E-state index in [4.69, 9.17) is 19.7 Å². The molecule has 2 aromatic rings. The van der Waals surface area contributed by atoms with Crippen LogP contribution in [-0.4, -0.2) is 66.6 Å². The van der Waals surface area contributed by atoms with Gasteiger partial charge in [0.25, 0.3) is 0 Å². The number of nitrogens with one attached hydrogen (secondary N) is 2. The Morgan fingerprint density at radius 2 is 1.24 bits per heavy atom. The SMILES string of the molecule is O=C(CCCC(=O)Nc1ccn([C@H]2CC[C@@H](CO)O2)c(=O)n1)Nc1ccn([C@H]2CC[C@@H](CO)O2)c(=O)n1. The lowest BCUT2D eigenvalue weighted by Crippen LogP contribution is -2.28. The maximum atomic E-state index is 12.3. The van der Waals surface area contributed by atoms with Gasteiger partial charge in [-0.3, -0.25) is 18.7 Å². The Hall–Kier alpha value is -3.46. The van der Waals surface area contributed by atoms with Crippen LogP contribution in [0.2, 0.25) is 0 Å². The van der Waals surface area contributed by atoms with E-state index in [0.717, 1.165) is 0 Å². The molecule has 0 spiro atoms. The second kappa shape index (κ2) is 12.2. The molecule has 4 N–H and O–H groups in total. The minimum absolute atomic E-state index is 0.0160. The number of hydrogen-bond donors (Lipinski definition) is 4. The van der Waals surface area contributed by atoms with Crippen LogP contribution >= 0.6 is 0 Å². The van der Waals surface area contributed by atoms with E-state index in [2.05, 4.69) is 20.6 Å². The Morgan fingerprint density at radius 3 is 1.59 bits per heavy atom. The van der Waals surface area contributed by atoms with Gasteiger partial charge in [-0.25, -0.2) is 9.59 Å². The predicted molar refractivity (Wildman–Crippen MR) is 129 cm³/mol. The van der Waals surface area contributed by atoms with Crippen molar-refractivity contribution in [2.24, 2.45) is 0 Å². The molecule has 37 heavy (non-hydrogen) atoms. The number of carbonyl (C=O) groups excluding carboxylic acids is 2. The first kappa shape index (κ1) is 26.6. The van der Waals surface area contributed by atoms with Gasteiger partial charge in [-0.05, 0) is 44.2 Å². The molecule has 4 rings (SSSR count). The van der Waals surface area contributed by atoms with Crippen molar-refractivity contribution >= 4 is 23.5 Å². The molecule has 2 saturated heterocycles. The normalized spacial score (nSPS) is 23.2. The molecular weight excluding hydrogens is 488 g/mol. The average molecular weight is 519 g/mol. The molecule has 0 bridgehead atoms. The lowest BCUT2D eigenvalue weighted by Gasteiger charge is -2.15. The summed E-state index contributed by atoms with van der Waals surface area (Å²) in [5.41, 5.74) is -1.16. The van der Waals surface area contributed by atoms with Gasteiger partial charge < -0.3 is 30.3 Å². The highest BCUT2D eigenvalue weighted by Crippen LogP contribution is 2.27. The first-order valence-electron chi connectivity index (χ1n) is 12.2. The van der Waals surface area contributed by atoms with Gasteiger partial charge in [0.15, 0.2) is 0 Å². The number of amides is 2. The third-order valence-electron chi connectivity index (χ3n) is 6.20. The Kier molecular flexibility index (Phi) is 8.76. The number of aliphatic hydroxyl groups is 2. The van der Waals surface area contributed by atoms with Gasteiger partial charge in [-0.15, -0.1) is 0 Å². The van der Waals surface area contributed by atoms with Crippen LogP contribution in [0.4, 0.5) is 11.6 Å². The Bertz CT molecular complexity index is 1140. The summed E-state index contributed by atoms with van der Waals surface area (Å²) >= 11 is 0. The molecule has 4 heterocycles. The zero-order valence-corrected chi connectivity index (χ0v) is 20.1. The van der Waals surface area contributed by atoms with Crippen LogP contribution in [0.1, 0.15) is 57.4 Å². The van der Waals surface area contributed by atoms with Crippen molar-refractivity contribution in [3.8, 4) is 0 Å². The molecule has 2 aliphatic rings. The summed E-state index contributed by atoms with van der Waals surface area (Å²) in [6, 6.07) is 2.96. The third kappa shape index (κ3) is 6.85. The number of aromatic nitrogens is 4. The van der Waals surface area contributed by atoms with Crippen LogP contribution in [0.15, 0.2) is 34.1 Å². The number of aliphatic hydroxyl groups excluding tert-OH is 2. The molecular formula is C23H30N6O8. The van der Waals surface area contributed by atoms with E-state index in [-0.39, 0.29) is 56.3 Å². The predicted octanol–water partition coefficient (Wildman–Crippen LogP) is -0.113. The maximum absolute atomic E-state index is 12.3. The molecule has 0 saturated carbocycles. The summed E-state index contributed by atoms with van der Waals surface area (Å²) in [7, 11) is 0. The molecule has 0 radical (unpaired) electrons. The third-order valence-corrected chi connectivity index (χ3v) is 6.20. The minimum atomic E-state index is -0.581. The molecule has 14 nitrogen and oxygen atoms in total. The van der Waals surface area contributed by atoms with Crippen LogP contribution < -0.4 is 22.0 Å². The number of ether oxygens (including phenoxy) is 2. The van der Waals surface area contributed by atoms with Crippen LogP contribution in [0.3, 0.4) is 0 Å². The zero-order valence-electron chi connectivity index (χ0n) is 20.1. The van der Waals surface area contributed by atoms with Crippen molar-refractivity contribution in [3.63, 3.8) is 0 Å². The van der Waals surface area contributed by atoms with Crippen molar-refractivity contribution < 1.29 is 29.3 Å². The van der Waals surface area contributed by atoms with E-state index in [1.807, 2.05) is 0 Å². The summed E-state index contributed by atoms with van der Waals surface area (Å²) in [6.07, 6.45) is 4.03. The maximum Gasteiger partial charge on any atom is 0.351 e. The first-order valence-corrected chi connectivity index (χ1v) is 12.2.